The quantitative estimate of drug-likeness (QED) is 0.695. The van der Waals surface area contributed by atoms with E-state index in [4.69, 9.17) is 32.7 Å². The van der Waals surface area contributed by atoms with Crippen molar-refractivity contribution in [1.29, 1.82) is 0 Å². The van der Waals surface area contributed by atoms with Gasteiger partial charge < -0.3 is 9.47 Å². The van der Waals surface area contributed by atoms with Gasteiger partial charge in [0.1, 0.15) is 11.5 Å². The van der Waals surface area contributed by atoms with E-state index in [1.54, 1.807) is 24.3 Å². The van der Waals surface area contributed by atoms with Crippen LogP contribution in [-0.4, -0.2) is 12.1 Å². The standard InChI is InChI=1S/C17H16Cl2O3/c1-11(2)21-17(20)9-12-5-3-4-6-15(12)22-16-8-7-13(18)10-14(16)19/h3-8,10-11H,9H2,1-2H3. The third-order valence-corrected chi connectivity index (χ3v) is 3.32. The number of rotatable bonds is 5. The Balaban J connectivity index is 2.19. The van der Waals surface area contributed by atoms with Gasteiger partial charge in [0.2, 0.25) is 0 Å². The smallest absolute Gasteiger partial charge is 0.310 e. The molecule has 0 aromatic heterocycles. The van der Waals surface area contributed by atoms with Gasteiger partial charge in [0.05, 0.1) is 17.5 Å². The molecule has 0 bridgehead atoms. The third-order valence-electron chi connectivity index (χ3n) is 2.79. The van der Waals surface area contributed by atoms with E-state index in [1.807, 2.05) is 32.0 Å². The van der Waals surface area contributed by atoms with Crippen LogP contribution in [0.1, 0.15) is 19.4 Å². The topological polar surface area (TPSA) is 35.5 Å². The fourth-order valence-corrected chi connectivity index (χ4v) is 2.33. The summed E-state index contributed by atoms with van der Waals surface area (Å²) in [4.78, 5) is 11.8. The van der Waals surface area contributed by atoms with Crippen LogP contribution < -0.4 is 4.74 Å². The summed E-state index contributed by atoms with van der Waals surface area (Å²) in [5.41, 5.74) is 0.735. The zero-order chi connectivity index (χ0) is 16.1. The van der Waals surface area contributed by atoms with E-state index >= 15 is 0 Å². The third kappa shape index (κ3) is 4.65. The lowest BCUT2D eigenvalue weighted by Crippen LogP contribution is -2.14. The number of ether oxygens (including phenoxy) is 2. The highest BCUT2D eigenvalue weighted by Gasteiger charge is 2.13. The largest absolute Gasteiger partial charge is 0.463 e. The maximum Gasteiger partial charge on any atom is 0.310 e. The number of halogens is 2. The molecular formula is C17H16Cl2O3. The number of carbonyl (C=O) groups excluding carboxylic acids is 1. The lowest BCUT2D eigenvalue weighted by atomic mass is 10.1. The zero-order valence-electron chi connectivity index (χ0n) is 12.3. The van der Waals surface area contributed by atoms with E-state index in [0.29, 0.717) is 21.5 Å². The predicted molar refractivity (Wildman–Crippen MR) is 87.9 cm³/mol. The molecule has 2 rings (SSSR count). The molecule has 2 aromatic carbocycles. The molecule has 0 saturated carbocycles. The lowest BCUT2D eigenvalue weighted by Gasteiger charge is -2.13. The van der Waals surface area contributed by atoms with Gasteiger partial charge in [0.25, 0.3) is 0 Å². The van der Waals surface area contributed by atoms with Gasteiger partial charge in [-0.15, -0.1) is 0 Å². The summed E-state index contributed by atoms with van der Waals surface area (Å²) in [6.45, 7) is 3.63. The maximum atomic E-state index is 11.8. The number of esters is 1. The normalized spacial score (nSPS) is 10.6. The summed E-state index contributed by atoms with van der Waals surface area (Å²) in [7, 11) is 0. The van der Waals surface area contributed by atoms with Crippen molar-refractivity contribution in [2.24, 2.45) is 0 Å². The average molecular weight is 339 g/mol. The number of benzene rings is 2. The lowest BCUT2D eigenvalue weighted by molar-refractivity contribution is -0.146. The minimum atomic E-state index is -0.298. The molecule has 22 heavy (non-hydrogen) atoms. The van der Waals surface area contributed by atoms with Crippen LogP contribution in [0.25, 0.3) is 0 Å². The SMILES string of the molecule is CC(C)OC(=O)Cc1ccccc1Oc1ccc(Cl)cc1Cl. The van der Waals surface area contributed by atoms with Crippen molar-refractivity contribution in [3.63, 3.8) is 0 Å². The second kappa shape index (κ2) is 7.52. The first-order valence-corrected chi connectivity index (χ1v) is 7.61. The Morgan fingerprint density at radius 3 is 2.50 bits per heavy atom. The van der Waals surface area contributed by atoms with Gasteiger partial charge >= 0.3 is 5.97 Å². The molecule has 0 spiro atoms. The monoisotopic (exact) mass is 338 g/mol. The molecule has 0 saturated heterocycles. The Morgan fingerprint density at radius 1 is 1.09 bits per heavy atom. The molecule has 0 fully saturated rings. The Kier molecular flexibility index (Phi) is 5.69. The van der Waals surface area contributed by atoms with Crippen molar-refractivity contribution in [2.75, 3.05) is 0 Å². The number of hydrogen-bond acceptors (Lipinski definition) is 3. The summed E-state index contributed by atoms with van der Waals surface area (Å²) < 4.78 is 11.0. The van der Waals surface area contributed by atoms with Crippen molar-refractivity contribution in [1.82, 2.24) is 0 Å². The summed E-state index contributed by atoms with van der Waals surface area (Å²) >= 11 is 12.0. The Hall–Kier alpha value is -1.71. The number of carbonyl (C=O) groups is 1. The predicted octanol–water partition coefficient (Wildman–Crippen LogP) is 5.28. The average Bonchev–Trinajstić information content (AvgIpc) is 2.43. The highest BCUT2D eigenvalue weighted by Crippen LogP contribution is 2.33. The summed E-state index contributed by atoms with van der Waals surface area (Å²) in [5, 5.41) is 0.943. The van der Waals surface area contributed by atoms with Crippen molar-refractivity contribution < 1.29 is 14.3 Å². The van der Waals surface area contributed by atoms with Gasteiger partial charge in [-0.25, -0.2) is 0 Å². The number of para-hydroxylation sites is 1. The van der Waals surface area contributed by atoms with Crippen molar-refractivity contribution in [2.45, 2.75) is 26.4 Å². The molecule has 0 aliphatic rings. The Morgan fingerprint density at radius 2 is 1.82 bits per heavy atom. The van der Waals surface area contributed by atoms with Crippen LogP contribution in [-0.2, 0) is 16.0 Å². The van der Waals surface area contributed by atoms with Gasteiger partial charge in [0.15, 0.2) is 0 Å². The van der Waals surface area contributed by atoms with Crippen LogP contribution in [0.15, 0.2) is 42.5 Å². The molecule has 0 atom stereocenters. The first kappa shape index (κ1) is 16.7. The van der Waals surface area contributed by atoms with Gasteiger partial charge in [0, 0.05) is 10.6 Å². The molecule has 2 aromatic rings. The van der Waals surface area contributed by atoms with Crippen LogP contribution in [0.4, 0.5) is 0 Å². The highest BCUT2D eigenvalue weighted by atomic mass is 35.5. The van der Waals surface area contributed by atoms with E-state index in [2.05, 4.69) is 0 Å². The van der Waals surface area contributed by atoms with Crippen molar-refractivity contribution >= 4 is 29.2 Å². The summed E-state index contributed by atoms with van der Waals surface area (Å²) in [5.74, 6) is 0.747. The minimum Gasteiger partial charge on any atom is -0.463 e. The van der Waals surface area contributed by atoms with Crippen LogP contribution in [0.2, 0.25) is 10.0 Å². The van der Waals surface area contributed by atoms with Gasteiger partial charge in [-0.1, -0.05) is 41.4 Å². The first-order valence-electron chi connectivity index (χ1n) is 6.86. The summed E-state index contributed by atoms with van der Waals surface area (Å²) in [6.07, 6.45) is -0.00850. The van der Waals surface area contributed by atoms with Crippen LogP contribution in [0.3, 0.4) is 0 Å². The first-order chi connectivity index (χ1) is 10.5. The number of hydrogen-bond donors (Lipinski definition) is 0. The van der Waals surface area contributed by atoms with Gasteiger partial charge in [-0.2, -0.15) is 0 Å². The second-order valence-corrected chi connectivity index (χ2v) is 5.84. The molecule has 0 unspecified atom stereocenters. The zero-order valence-corrected chi connectivity index (χ0v) is 13.8. The molecule has 0 aliphatic heterocycles. The fraction of sp³-hybridized carbons (Fsp3) is 0.235. The second-order valence-electron chi connectivity index (χ2n) is 5.00. The maximum absolute atomic E-state index is 11.8. The Bertz CT molecular complexity index is 669. The van der Waals surface area contributed by atoms with Crippen molar-refractivity contribution in [3.8, 4) is 11.5 Å². The molecular weight excluding hydrogens is 323 g/mol. The van der Waals surface area contributed by atoms with Gasteiger partial charge in [-0.3, -0.25) is 4.79 Å². The summed E-state index contributed by atoms with van der Waals surface area (Å²) in [6, 6.07) is 12.3. The van der Waals surface area contributed by atoms with E-state index < -0.39 is 0 Å². The van der Waals surface area contributed by atoms with Crippen LogP contribution in [0.5, 0.6) is 11.5 Å². The van der Waals surface area contributed by atoms with E-state index in [9.17, 15) is 4.79 Å². The van der Waals surface area contributed by atoms with E-state index in [-0.39, 0.29) is 18.5 Å². The molecule has 5 heteroatoms. The molecule has 0 aliphatic carbocycles. The minimum absolute atomic E-state index is 0.138. The molecule has 0 amide bonds. The molecule has 116 valence electrons. The highest BCUT2D eigenvalue weighted by molar-refractivity contribution is 6.35. The van der Waals surface area contributed by atoms with Crippen LogP contribution >= 0.6 is 23.2 Å². The molecule has 0 N–H and O–H groups in total. The van der Waals surface area contributed by atoms with Crippen molar-refractivity contribution in [3.05, 3.63) is 58.1 Å². The van der Waals surface area contributed by atoms with Gasteiger partial charge in [-0.05, 0) is 38.1 Å². The Labute approximate surface area is 139 Å². The van der Waals surface area contributed by atoms with E-state index in [0.717, 1.165) is 5.56 Å². The van der Waals surface area contributed by atoms with E-state index in [1.165, 1.54) is 0 Å². The molecule has 3 nitrogen and oxygen atoms in total. The molecule has 0 heterocycles. The fourth-order valence-electron chi connectivity index (χ4n) is 1.89. The molecule has 0 radical (unpaired) electrons. The van der Waals surface area contributed by atoms with Crippen LogP contribution in [0, 0.1) is 0 Å².